The van der Waals surface area contributed by atoms with Gasteiger partial charge >= 0.3 is 12.1 Å². The highest BCUT2D eigenvalue weighted by molar-refractivity contribution is 5.94. The number of hydrogen-bond acceptors (Lipinski definition) is 8. The minimum atomic E-state index is -0.658. The van der Waals surface area contributed by atoms with E-state index in [1.807, 2.05) is 105 Å². The normalized spacial score (nSPS) is 20.5. The van der Waals surface area contributed by atoms with Crippen molar-refractivity contribution in [3.05, 3.63) is 77.5 Å². The number of carbonyl (C=O) groups excluding carboxylic acids is 4. The van der Waals surface area contributed by atoms with Crippen molar-refractivity contribution in [2.24, 2.45) is 0 Å². The van der Waals surface area contributed by atoms with Gasteiger partial charge in [-0.05, 0) is 74.4 Å². The molecule has 246 valence electrons. The minimum Gasteiger partial charge on any atom is -0.480 e. The lowest BCUT2D eigenvalue weighted by Gasteiger charge is -2.30. The number of benzene rings is 2. The maximum atomic E-state index is 11.6. The highest BCUT2D eigenvalue weighted by atomic mass is 16.6. The average molecular weight is 623 g/mol. The molecular formula is C36H50N2O7. The van der Waals surface area contributed by atoms with E-state index in [4.69, 9.17) is 14.2 Å². The summed E-state index contributed by atoms with van der Waals surface area (Å²) in [6, 6.07) is 15.2. The molecule has 2 saturated heterocycles. The lowest BCUT2D eigenvalue weighted by Crippen LogP contribution is -2.42. The number of nitrogens with one attached hydrogen (secondary N) is 1. The molecule has 9 nitrogen and oxygen atoms in total. The predicted molar refractivity (Wildman–Crippen MR) is 175 cm³/mol. The van der Waals surface area contributed by atoms with Crippen molar-refractivity contribution < 1.29 is 33.4 Å². The molecule has 0 unspecified atom stereocenters. The number of esters is 1. The summed E-state index contributed by atoms with van der Waals surface area (Å²) in [6.07, 6.45) is 0.795. The number of fused-ring (bicyclic) bond motifs is 2. The van der Waals surface area contributed by atoms with Crippen molar-refractivity contribution in [2.45, 2.75) is 105 Å². The summed E-state index contributed by atoms with van der Waals surface area (Å²) in [6.45, 7) is 22.1. The Kier molecular flexibility index (Phi) is 11.4. The first kappa shape index (κ1) is 37.0. The monoisotopic (exact) mass is 622 g/mol. The van der Waals surface area contributed by atoms with Crippen LogP contribution in [0.4, 0.5) is 4.79 Å². The minimum absolute atomic E-state index is 0. The zero-order valence-corrected chi connectivity index (χ0v) is 27.5. The van der Waals surface area contributed by atoms with Crippen molar-refractivity contribution in [3.8, 4) is 5.75 Å². The Hall–Kier alpha value is -4.14. The van der Waals surface area contributed by atoms with Crippen molar-refractivity contribution in [3.63, 3.8) is 0 Å². The molecule has 45 heavy (non-hydrogen) atoms. The summed E-state index contributed by atoms with van der Waals surface area (Å²) in [5.74, 6) is 1.00. The van der Waals surface area contributed by atoms with Crippen LogP contribution >= 0.6 is 0 Å². The SMILES string of the molecule is C.C=C1CC(=O)C(C)(C)N1.CC1(C)OC(=O)c2ccccc21.CC1(C)Oc2ccccc2CC1=O.CCN1CC(C)(C)OC1=O. The molecule has 2 aromatic carbocycles. The second kappa shape index (κ2) is 13.9. The van der Waals surface area contributed by atoms with Crippen molar-refractivity contribution in [1.29, 1.82) is 0 Å². The smallest absolute Gasteiger partial charge is 0.410 e. The first-order valence-electron chi connectivity index (χ1n) is 14.9. The van der Waals surface area contributed by atoms with E-state index in [0.717, 1.165) is 29.1 Å². The number of allylic oxidation sites excluding steroid dienone is 1. The molecule has 4 aliphatic heterocycles. The Morgan fingerprint density at radius 1 is 0.778 bits per heavy atom. The fraction of sp³-hybridized carbons (Fsp3) is 0.500. The van der Waals surface area contributed by atoms with E-state index >= 15 is 0 Å². The molecule has 0 spiro atoms. The van der Waals surface area contributed by atoms with Crippen LogP contribution in [0.5, 0.6) is 5.75 Å². The van der Waals surface area contributed by atoms with Crippen LogP contribution in [-0.2, 0) is 31.1 Å². The van der Waals surface area contributed by atoms with Gasteiger partial charge in [-0.25, -0.2) is 9.59 Å². The van der Waals surface area contributed by atoms with Crippen LogP contribution in [-0.4, -0.2) is 58.4 Å². The number of Topliss-reactive ketones (excluding diaryl/α,β-unsaturated/α-hetero) is 2. The Balaban J connectivity index is 0.000000210. The van der Waals surface area contributed by atoms with Gasteiger partial charge in [0, 0.05) is 36.2 Å². The van der Waals surface area contributed by atoms with Crippen molar-refractivity contribution in [1.82, 2.24) is 10.2 Å². The van der Waals surface area contributed by atoms with Gasteiger partial charge in [-0.2, -0.15) is 0 Å². The summed E-state index contributed by atoms with van der Waals surface area (Å²) in [7, 11) is 0. The number of likely N-dealkylation sites (N-methyl/N-ethyl adjacent to an activating group) is 1. The average Bonchev–Trinajstić information content (AvgIpc) is 3.43. The van der Waals surface area contributed by atoms with Crippen LogP contribution in [0.1, 0.15) is 97.6 Å². The molecule has 0 aromatic heterocycles. The van der Waals surface area contributed by atoms with E-state index in [1.165, 1.54) is 0 Å². The van der Waals surface area contributed by atoms with Crippen LogP contribution in [0.3, 0.4) is 0 Å². The van der Waals surface area contributed by atoms with E-state index in [0.29, 0.717) is 24.9 Å². The van der Waals surface area contributed by atoms with E-state index in [2.05, 4.69) is 11.9 Å². The molecule has 0 aliphatic carbocycles. The predicted octanol–water partition coefficient (Wildman–Crippen LogP) is 6.78. The third kappa shape index (κ3) is 9.19. The quantitative estimate of drug-likeness (QED) is 0.347. The number of nitrogens with zero attached hydrogens (tertiary/aromatic N) is 1. The number of amides is 1. The maximum absolute atomic E-state index is 11.6. The second-order valence-corrected chi connectivity index (χ2v) is 13.4. The number of hydrogen-bond donors (Lipinski definition) is 1. The Bertz CT molecular complexity index is 1440. The zero-order chi connectivity index (χ0) is 33.1. The molecular weight excluding hydrogens is 572 g/mol. The Labute approximate surface area is 268 Å². The van der Waals surface area contributed by atoms with Gasteiger partial charge in [0.1, 0.15) is 17.0 Å². The van der Waals surface area contributed by atoms with Crippen LogP contribution < -0.4 is 10.1 Å². The van der Waals surface area contributed by atoms with Crippen LogP contribution in [0.25, 0.3) is 0 Å². The van der Waals surface area contributed by atoms with Crippen LogP contribution in [0.2, 0.25) is 0 Å². The summed E-state index contributed by atoms with van der Waals surface area (Å²) in [5, 5.41) is 3.00. The van der Waals surface area contributed by atoms with Gasteiger partial charge in [-0.1, -0.05) is 50.4 Å². The van der Waals surface area contributed by atoms with Crippen molar-refractivity contribution >= 4 is 23.6 Å². The molecule has 4 aliphatic rings. The van der Waals surface area contributed by atoms with Gasteiger partial charge in [0.25, 0.3) is 0 Å². The second-order valence-electron chi connectivity index (χ2n) is 13.4. The Morgan fingerprint density at radius 3 is 1.84 bits per heavy atom. The molecule has 4 heterocycles. The van der Waals surface area contributed by atoms with Gasteiger partial charge in [0.05, 0.1) is 17.6 Å². The van der Waals surface area contributed by atoms with Gasteiger partial charge < -0.3 is 24.4 Å². The summed E-state index contributed by atoms with van der Waals surface area (Å²) in [4.78, 5) is 46.4. The molecule has 2 aromatic rings. The topological polar surface area (TPSA) is 111 Å². The first-order valence-corrected chi connectivity index (χ1v) is 14.9. The van der Waals surface area contributed by atoms with Crippen molar-refractivity contribution in [2.75, 3.05) is 13.1 Å². The van der Waals surface area contributed by atoms with Gasteiger partial charge in [0.2, 0.25) is 0 Å². The highest BCUT2D eigenvalue weighted by Crippen LogP contribution is 2.35. The highest BCUT2D eigenvalue weighted by Gasteiger charge is 2.38. The standard InChI is InChI=1S/C11H12O2.C10H10O2.C7H13NO2.C7H11NO.CH4/c1-11(2)10(12)7-8-5-3-4-6-9(8)13-11;1-10(2)8-6-4-3-5-7(8)9(11)12-10;1-4-8-5-7(2,3)10-6(8)9;1-5-4-6(9)7(2,3)8-5;/h3-6H,7H2,1-2H3;3-6H,1-2H3;4-5H2,1-3H3;8H,1,4H2,2-3H3;1H4. The fourth-order valence-electron chi connectivity index (χ4n) is 5.06. The molecule has 6 rings (SSSR count). The lowest BCUT2D eigenvalue weighted by atomic mass is 9.93. The summed E-state index contributed by atoms with van der Waals surface area (Å²) in [5.41, 5.74) is 1.75. The molecule has 1 amide bonds. The fourth-order valence-corrected chi connectivity index (χ4v) is 5.06. The number of ketones is 2. The molecule has 1 N–H and O–H groups in total. The van der Waals surface area contributed by atoms with E-state index in [-0.39, 0.29) is 42.2 Å². The number of para-hydroxylation sites is 1. The number of carbonyl (C=O) groups is 4. The molecule has 0 radical (unpaired) electrons. The largest absolute Gasteiger partial charge is 0.480 e. The van der Waals surface area contributed by atoms with Gasteiger partial charge in [-0.3, -0.25) is 9.59 Å². The van der Waals surface area contributed by atoms with E-state index in [9.17, 15) is 19.2 Å². The van der Waals surface area contributed by atoms with Crippen LogP contribution in [0, 0.1) is 0 Å². The molecule has 0 saturated carbocycles. The molecule has 0 atom stereocenters. The first-order chi connectivity index (χ1) is 20.3. The van der Waals surface area contributed by atoms with Gasteiger partial charge in [-0.15, -0.1) is 0 Å². The van der Waals surface area contributed by atoms with E-state index in [1.54, 1.807) is 11.0 Å². The Morgan fingerprint density at radius 2 is 1.38 bits per heavy atom. The van der Waals surface area contributed by atoms with Gasteiger partial charge in [0.15, 0.2) is 17.2 Å². The van der Waals surface area contributed by atoms with Crippen LogP contribution in [0.15, 0.2) is 60.8 Å². The zero-order valence-electron chi connectivity index (χ0n) is 27.5. The molecule has 0 bridgehead atoms. The van der Waals surface area contributed by atoms with E-state index < -0.39 is 11.2 Å². The summed E-state index contributed by atoms with van der Waals surface area (Å²) >= 11 is 0. The molecule has 9 heteroatoms. The molecule has 2 fully saturated rings. The maximum Gasteiger partial charge on any atom is 0.410 e. The lowest BCUT2D eigenvalue weighted by molar-refractivity contribution is -0.132. The third-order valence-corrected chi connectivity index (χ3v) is 7.64. The number of ether oxygens (including phenoxy) is 3. The summed E-state index contributed by atoms with van der Waals surface area (Å²) < 4.78 is 15.8. The number of cyclic esters (lactones) is 2. The third-order valence-electron chi connectivity index (χ3n) is 7.64. The number of rotatable bonds is 1.